The van der Waals surface area contributed by atoms with Gasteiger partial charge in [0.2, 0.25) is 0 Å². The summed E-state index contributed by atoms with van der Waals surface area (Å²) in [5.74, 6) is -1.49. The van der Waals surface area contributed by atoms with Crippen molar-refractivity contribution in [3.8, 4) is 6.07 Å². The molecule has 1 aromatic heterocycles. The fourth-order valence-electron chi connectivity index (χ4n) is 2.33. The summed E-state index contributed by atoms with van der Waals surface area (Å²) in [6.45, 7) is 1.89. The number of anilines is 1. The summed E-state index contributed by atoms with van der Waals surface area (Å²) in [7, 11) is 0. The molecule has 0 bridgehead atoms. The summed E-state index contributed by atoms with van der Waals surface area (Å²) >= 11 is 0. The summed E-state index contributed by atoms with van der Waals surface area (Å²) in [4.78, 5) is 8.06. The molecule has 0 aliphatic rings. The molecule has 1 atom stereocenters. The Bertz CT molecular complexity index is 918. The zero-order valence-electron chi connectivity index (χ0n) is 12.2. The number of nitrogens with one attached hydrogen (secondary N) is 1. The van der Waals surface area contributed by atoms with Crippen molar-refractivity contribution in [1.82, 2.24) is 9.97 Å². The lowest BCUT2D eigenvalue weighted by molar-refractivity contribution is 0.510. The van der Waals surface area contributed by atoms with Crippen molar-refractivity contribution in [2.75, 3.05) is 5.32 Å². The number of fused-ring (bicyclic) bond motifs is 1. The standard InChI is InChI=1S/C17H12F2N4/c1-10(12-4-2-3-11(5-12)8-20)23-17-13-6-14(18)15(19)7-16(13)21-9-22-17/h2-7,9-10H,1H3,(H,21,22,23)/t10-/m0/s1. The van der Waals surface area contributed by atoms with E-state index < -0.39 is 11.6 Å². The first-order valence-electron chi connectivity index (χ1n) is 6.95. The number of aromatic nitrogens is 2. The third-order valence-corrected chi connectivity index (χ3v) is 3.55. The van der Waals surface area contributed by atoms with Gasteiger partial charge in [0.25, 0.3) is 0 Å². The first-order valence-corrected chi connectivity index (χ1v) is 6.95. The van der Waals surface area contributed by atoms with E-state index >= 15 is 0 Å². The molecule has 0 aliphatic carbocycles. The van der Waals surface area contributed by atoms with Gasteiger partial charge in [-0.2, -0.15) is 5.26 Å². The van der Waals surface area contributed by atoms with Crippen LogP contribution < -0.4 is 5.32 Å². The van der Waals surface area contributed by atoms with Crippen molar-refractivity contribution in [2.24, 2.45) is 0 Å². The molecule has 3 aromatic rings. The molecule has 0 fully saturated rings. The van der Waals surface area contributed by atoms with Crippen LogP contribution in [0, 0.1) is 23.0 Å². The Morgan fingerprint density at radius 2 is 1.91 bits per heavy atom. The maximum Gasteiger partial charge on any atom is 0.161 e. The summed E-state index contributed by atoms with van der Waals surface area (Å²) in [5.41, 5.74) is 1.76. The molecule has 2 aromatic carbocycles. The lowest BCUT2D eigenvalue weighted by Gasteiger charge is -2.16. The van der Waals surface area contributed by atoms with Gasteiger partial charge in [0.05, 0.1) is 23.2 Å². The van der Waals surface area contributed by atoms with Crippen molar-refractivity contribution in [3.05, 3.63) is 65.5 Å². The summed E-state index contributed by atoms with van der Waals surface area (Å²) in [6.07, 6.45) is 1.29. The molecule has 1 heterocycles. The molecule has 0 unspecified atom stereocenters. The second-order valence-electron chi connectivity index (χ2n) is 5.11. The highest BCUT2D eigenvalue weighted by Gasteiger charge is 2.12. The van der Waals surface area contributed by atoms with Gasteiger partial charge in [-0.3, -0.25) is 0 Å². The van der Waals surface area contributed by atoms with Gasteiger partial charge < -0.3 is 5.32 Å². The van der Waals surface area contributed by atoms with Crippen LogP contribution in [-0.4, -0.2) is 9.97 Å². The summed E-state index contributed by atoms with van der Waals surface area (Å²) in [5, 5.41) is 12.5. The Morgan fingerprint density at radius 1 is 1.13 bits per heavy atom. The normalized spacial score (nSPS) is 11.9. The molecule has 3 rings (SSSR count). The van der Waals surface area contributed by atoms with Crippen molar-refractivity contribution < 1.29 is 8.78 Å². The number of benzene rings is 2. The highest BCUT2D eigenvalue weighted by Crippen LogP contribution is 2.26. The zero-order valence-corrected chi connectivity index (χ0v) is 12.2. The number of halogens is 2. The van der Waals surface area contributed by atoms with Crippen LogP contribution in [0.15, 0.2) is 42.7 Å². The maximum atomic E-state index is 13.5. The average Bonchev–Trinajstić information content (AvgIpc) is 2.56. The topological polar surface area (TPSA) is 61.6 Å². The monoisotopic (exact) mass is 310 g/mol. The molecule has 114 valence electrons. The van der Waals surface area contributed by atoms with Gasteiger partial charge in [0.15, 0.2) is 11.6 Å². The molecule has 0 spiro atoms. The molecule has 1 N–H and O–H groups in total. The predicted octanol–water partition coefficient (Wildman–Crippen LogP) is 3.95. The largest absolute Gasteiger partial charge is 0.363 e. The van der Waals surface area contributed by atoms with Gasteiger partial charge in [-0.05, 0) is 30.7 Å². The van der Waals surface area contributed by atoms with Crippen LogP contribution in [0.3, 0.4) is 0 Å². The van der Waals surface area contributed by atoms with Gasteiger partial charge in [0.1, 0.15) is 12.1 Å². The number of nitrogens with zero attached hydrogens (tertiary/aromatic N) is 3. The van der Waals surface area contributed by atoms with E-state index in [9.17, 15) is 8.78 Å². The minimum absolute atomic E-state index is 0.172. The molecule has 6 heteroatoms. The predicted molar refractivity (Wildman–Crippen MR) is 82.6 cm³/mol. The fraction of sp³-hybridized carbons (Fsp3) is 0.118. The smallest absolute Gasteiger partial charge is 0.161 e. The van der Waals surface area contributed by atoms with Gasteiger partial charge in [-0.15, -0.1) is 0 Å². The Balaban J connectivity index is 1.98. The van der Waals surface area contributed by atoms with Crippen LogP contribution in [0.25, 0.3) is 10.9 Å². The van der Waals surface area contributed by atoms with Crippen molar-refractivity contribution in [2.45, 2.75) is 13.0 Å². The maximum absolute atomic E-state index is 13.5. The Labute approximate surface area is 131 Å². The van der Waals surface area contributed by atoms with Crippen molar-refractivity contribution in [3.63, 3.8) is 0 Å². The molecule has 0 saturated carbocycles. The van der Waals surface area contributed by atoms with E-state index in [2.05, 4.69) is 21.4 Å². The van der Waals surface area contributed by atoms with Gasteiger partial charge in [-0.1, -0.05) is 12.1 Å². The number of nitriles is 1. The second kappa shape index (κ2) is 5.97. The second-order valence-corrected chi connectivity index (χ2v) is 5.11. The third-order valence-electron chi connectivity index (χ3n) is 3.55. The minimum Gasteiger partial charge on any atom is -0.363 e. The number of hydrogen-bond acceptors (Lipinski definition) is 4. The van der Waals surface area contributed by atoms with Crippen LogP contribution in [-0.2, 0) is 0 Å². The van der Waals surface area contributed by atoms with Crippen LogP contribution in [0.2, 0.25) is 0 Å². The van der Waals surface area contributed by atoms with Crippen LogP contribution in [0.4, 0.5) is 14.6 Å². The third kappa shape index (κ3) is 2.94. The molecular weight excluding hydrogens is 298 g/mol. The van der Waals surface area contributed by atoms with E-state index in [0.29, 0.717) is 22.3 Å². The minimum atomic E-state index is -0.950. The highest BCUT2D eigenvalue weighted by molar-refractivity contribution is 5.89. The van der Waals surface area contributed by atoms with E-state index in [0.717, 1.165) is 17.7 Å². The molecule has 0 amide bonds. The van der Waals surface area contributed by atoms with E-state index in [1.54, 1.807) is 18.2 Å². The number of rotatable bonds is 3. The van der Waals surface area contributed by atoms with Crippen LogP contribution in [0.5, 0.6) is 0 Å². The quantitative estimate of drug-likeness (QED) is 0.795. The lowest BCUT2D eigenvalue weighted by atomic mass is 10.1. The molecule has 4 nitrogen and oxygen atoms in total. The van der Waals surface area contributed by atoms with Gasteiger partial charge >= 0.3 is 0 Å². The molecule has 0 radical (unpaired) electrons. The van der Waals surface area contributed by atoms with E-state index in [1.807, 2.05) is 13.0 Å². The fourth-order valence-corrected chi connectivity index (χ4v) is 2.33. The Kier molecular flexibility index (Phi) is 3.85. The SMILES string of the molecule is C[C@H](Nc1ncnc2cc(F)c(F)cc12)c1cccc(C#N)c1. The molecule has 0 aliphatic heterocycles. The Morgan fingerprint density at radius 3 is 2.70 bits per heavy atom. The molecule has 0 saturated heterocycles. The summed E-state index contributed by atoms with van der Waals surface area (Å²) in [6, 6.07) is 11.2. The first kappa shape index (κ1) is 14.9. The van der Waals surface area contributed by atoms with Gasteiger partial charge in [-0.25, -0.2) is 18.7 Å². The van der Waals surface area contributed by atoms with Crippen LogP contribution >= 0.6 is 0 Å². The van der Waals surface area contributed by atoms with E-state index in [1.165, 1.54) is 6.33 Å². The van der Waals surface area contributed by atoms with Crippen molar-refractivity contribution in [1.29, 1.82) is 5.26 Å². The zero-order chi connectivity index (χ0) is 16.4. The van der Waals surface area contributed by atoms with Gasteiger partial charge in [0, 0.05) is 11.5 Å². The lowest BCUT2D eigenvalue weighted by Crippen LogP contribution is -2.09. The Hall–Kier alpha value is -3.07. The van der Waals surface area contributed by atoms with E-state index in [4.69, 9.17) is 5.26 Å². The molecular formula is C17H12F2N4. The average molecular weight is 310 g/mol. The van der Waals surface area contributed by atoms with Crippen LogP contribution in [0.1, 0.15) is 24.1 Å². The number of hydrogen-bond donors (Lipinski definition) is 1. The summed E-state index contributed by atoms with van der Waals surface area (Å²) < 4.78 is 26.8. The first-order chi connectivity index (χ1) is 11.1. The van der Waals surface area contributed by atoms with E-state index in [-0.39, 0.29) is 6.04 Å². The highest BCUT2D eigenvalue weighted by atomic mass is 19.2. The molecule has 23 heavy (non-hydrogen) atoms. The van der Waals surface area contributed by atoms with Crippen molar-refractivity contribution >= 4 is 16.7 Å².